The number of hydrogen-bond donors (Lipinski definition) is 4. The van der Waals surface area contributed by atoms with Crippen molar-refractivity contribution in [2.24, 2.45) is 0 Å². The van der Waals surface area contributed by atoms with Gasteiger partial charge in [-0.3, -0.25) is 4.79 Å². The summed E-state index contributed by atoms with van der Waals surface area (Å²) >= 11 is 0. The molecule has 0 spiro atoms. The quantitative estimate of drug-likeness (QED) is 0.363. The largest absolute Gasteiger partial charge is 0.480 e. The first-order valence-corrected chi connectivity index (χ1v) is 10.8. The molecule has 2 amide bonds. The topological polar surface area (TPSA) is 133 Å². The van der Waals surface area contributed by atoms with E-state index in [1.54, 1.807) is 0 Å². The van der Waals surface area contributed by atoms with Crippen LogP contribution in [0, 0.1) is 0 Å². The highest BCUT2D eigenvalue weighted by Crippen LogP contribution is 2.44. The highest BCUT2D eigenvalue weighted by Gasteiger charge is 2.28. The van der Waals surface area contributed by atoms with Gasteiger partial charge in [0.25, 0.3) is 0 Å². The van der Waals surface area contributed by atoms with Crippen LogP contribution in [0.4, 0.5) is 4.79 Å². The first-order chi connectivity index (χ1) is 16.5. The number of carboxylic acids is 1. The van der Waals surface area contributed by atoms with Crippen molar-refractivity contribution < 1.29 is 24.2 Å². The number of amides is 2. The van der Waals surface area contributed by atoms with Crippen LogP contribution < -0.4 is 10.6 Å². The Morgan fingerprint density at radius 2 is 1.76 bits per heavy atom. The second-order valence-electron chi connectivity index (χ2n) is 7.79. The van der Waals surface area contributed by atoms with Gasteiger partial charge in [0.15, 0.2) is 0 Å². The first kappa shape index (κ1) is 22.8. The molecule has 2 aromatic carbocycles. The standard InChI is InChI=1S/C25H24N4O5/c30-23(29-22(24(31)32)12-16-13-26-15-28-16)10-5-11-27-25(33)34-14-21-19-8-3-1-6-17(19)18-7-2-4-9-20(18)21/h1-10,13,15,21-22H,11-12,14H2,(H,26,28)(H,27,33)(H,29,30)(H,31,32)/b10-5+/t22-/m1/s1. The van der Waals surface area contributed by atoms with Crippen molar-refractivity contribution in [2.45, 2.75) is 18.4 Å². The van der Waals surface area contributed by atoms with Gasteiger partial charge in [0.1, 0.15) is 12.6 Å². The van der Waals surface area contributed by atoms with Crippen molar-refractivity contribution >= 4 is 18.0 Å². The zero-order valence-corrected chi connectivity index (χ0v) is 18.2. The third-order valence-corrected chi connectivity index (χ3v) is 5.57. The number of nitrogens with zero attached hydrogens (tertiary/aromatic N) is 1. The van der Waals surface area contributed by atoms with Gasteiger partial charge in [-0.15, -0.1) is 0 Å². The van der Waals surface area contributed by atoms with E-state index in [4.69, 9.17) is 4.74 Å². The van der Waals surface area contributed by atoms with E-state index in [0.29, 0.717) is 5.69 Å². The number of imidazole rings is 1. The van der Waals surface area contributed by atoms with E-state index in [2.05, 4.69) is 32.7 Å². The van der Waals surface area contributed by atoms with E-state index < -0.39 is 24.0 Å². The van der Waals surface area contributed by atoms with E-state index in [9.17, 15) is 19.5 Å². The summed E-state index contributed by atoms with van der Waals surface area (Å²) in [6.45, 7) is 0.250. The number of alkyl carbamates (subject to hydrolysis) is 1. The zero-order chi connectivity index (χ0) is 23.9. The predicted molar refractivity (Wildman–Crippen MR) is 124 cm³/mol. The number of rotatable bonds is 9. The fraction of sp³-hybridized carbons (Fsp3) is 0.200. The number of carbonyl (C=O) groups excluding carboxylic acids is 2. The molecule has 174 valence electrons. The fourth-order valence-electron chi connectivity index (χ4n) is 3.99. The SMILES string of the molecule is O=C(/C=C/CNC(=O)OCC1c2ccccc2-c2ccccc21)N[C@H](Cc1cnc[nH]1)C(=O)O. The maximum atomic E-state index is 12.2. The Balaban J connectivity index is 1.24. The van der Waals surface area contributed by atoms with Gasteiger partial charge in [0.2, 0.25) is 5.91 Å². The van der Waals surface area contributed by atoms with Crippen molar-refractivity contribution in [2.75, 3.05) is 13.2 Å². The van der Waals surface area contributed by atoms with E-state index in [1.165, 1.54) is 24.7 Å². The lowest BCUT2D eigenvalue weighted by Crippen LogP contribution is -2.41. The number of aliphatic carboxylic acids is 1. The summed E-state index contributed by atoms with van der Waals surface area (Å²) in [6, 6.07) is 15.0. The van der Waals surface area contributed by atoms with E-state index >= 15 is 0 Å². The monoisotopic (exact) mass is 460 g/mol. The molecular formula is C25H24N4O5. The minimum atomic E-state index is -1.16. The predicted octanol–water partition coefficient (Wildman–Crippen LogP) is 2.62. The molecular weight excluding hydrogens is 436 g/mol. The van der Waals surface area contributed by atoms with E-state index in [1.807, 2.05) is 36.4 Å². The third-order valence-electron chi connectivity index (χ3n) is 5.57. The highest BCUT2D eigenvalue weighted by molar-refractivity contribution is 5.91. The van der Waals surface area contributed by atoms with Gasteiger partial charge in [0.05, 0.1) is 6.33 Å². The third kappa shape index (κ3) is 5.32. The second-order valence-corrected chi connectivity index (χ2v) is 7.79. The first-order valence-electron chi connectivity index (χ1n) is 10.8. The molecule has 1 heterocycles. The number of carboxylic acid groups (broad SMARTS) is 1. The van der Waals surface area contributed by atoms with Crippen molar-refractivity contribution in [3.8, 4) is 11.1 Å². The Hall–Kier alpha value is -4.40. The zero-order valence-electron chi connectivity index (χ0n) is 18.2. The van der Waals surface area contributed by atoms with Crippen LogP contribution in [0.25, 0.3) is 11.1 Å². The van der Waals surface area contributed by atoms with Crippen LogP contribution >= 0.6 is 0 Å². The van der Waals surface area contributed by atoms with E-state index in [-0.39, 0.29) is 25.5 Å². The summed E-state index contributed by atoms with van der Waals surface area (Å²) in [4.78, 5) is 42.2. The maximum Gasteiger partial charge on any atom is 0.407 e. The Bertz CT molecular complexity index is 1160. The lowest BCUT2D eigenvalue weighted by Gasteiger charge is -2.14. The summed E-state index contributed by atoms with van der Waals surface area (Å²) < 4.78 is 5.43. The highest BCUT2D eigenvalue weighted by atomic mass is 16.5. The normalized spacial score (nSPS) is 13.2. The molecule has 1 atom stereocenters. The molecule has 1 aliphatic carbocycles. The molecule has 9 nitrogen and oxygen atoms in total. The molecule has 0 aliphatic heterocycles. The van der Waals surface area contributed by atoms with Gasteiger partial charge < -0.3 is 25.5 Å². The van der Waals surface area contributed by atoms with Gasteiger partial charge in [0, 0.05) is 36.9 Å². The molecule has 0 fully saturated rings. The molecule has 0 radical (unpaired) electrons. The number of hydrogen-bond acceptors (Lipinski definition) is 5. The lowest BCUT2D eigenvalue weighted by molar-refractivity contribution is -0.141. The lowest BCUT2D eigenvalue weighted by atomic mass is 9.98. The minimum absolute atomic E-state index is 0.0395. The van der Waals surface area contributed by atoms with Crippen LogP contribution in [-0.4, -0.2) is 52.2 Å². The summed E-state index contributed by atoms with van der Waals surface area (Å²) in [5.41, 5.74) is 5.13. The smallest absolute Gasteiger partial charge is 0.407 e. The Morgan fingerprint density at radius 3 is 2.38 bits per heavy atom. The molecule has 0 saturated heterocycles. The Kier molecular flexibility index (Phi) is 7.02. The maximum absolute atomic E-state index is 12.2. The molecule has 1 aromatic heterocycles. The van der Waals surface area contributed by atoms with Crippen LogP contribution in [0.2, 0.25) is 0 Å². The van der Waals surface area contributed by atoms with Crippen LogP contribution in [-0.2, 0) is 20.7 Å². The molecule has 3 aromatic rings. The summed E-state index contributed by atoms with van der Waals surface area (Å²) in [5, 5.41) is 14.3. The number of aromatic nitrogens is 2. The van der Waals surface area contributed by atoms with Crippen molar-refractivity contribution in [1.82, 2.24) is 20.6 Å². The number of H-pyrrole nitrogens is 1. The number of nitrogens with one attached hydrogen (secondary N) is 3. The van der Waals surface area contributed by atoms with Gasteiger partial charge in [-0.25, -0.2) is 14.6 Å². The average Bonchev–Trinajstić information content (AvgIpc) is 3.46. The number of fused-ring (bicyclic) bond motifs is 3. The number of ether oxygens (including phenoxy) is 1. The van der Waals surface area contributed by atoms with Gasteiger partial charge >= 0.3 is 12.1 Å². The molecule has 4 rings (SSSR count). The molecule has 0 bridgehead atoms. The summed E-state index contributed by atoms with van der Waals surface area (Å²) in [7, 11) is 0. The van der Waals surface area contributed by atoms with Gasteiger partial charge in [-0.05, 0) is 22.3 Å². The van der Waals surface area contributed by atoms with Crippen molar-refractivity contribution in [3.63, 3.8) is 0 Å². The van der Waals surface area contributed by atoms with E-state index in [0.717, 1.165) is 22.3 Å². The second kappa shape index (κ2) is 10.5. The Morgan fingerprint density at radius 1 is 1.09 bits per heavy atom. The van der Waals surface area contributed by atoms with Crippen LogP contribution in [0.5, 0.6) is 0 Å². The summed E-state index contributed by atoms with van der Waals surface area (Å²) in [6.07, 6.45) is 5.00. The van der Waals surface area contributed by atoms with Gasteiger partial charge in [-0.2, -0.15) is 0 Å². The number of aromatic amines is 1. The average molecular weight is 460 g/mol. The molecule has 0 unspecified atom stereocenters. The van der Waals surface area contributed by atoms with Crippen LogP contribution in [0.15, 0.2) is 73.2 Å². The minimum Gasteiger partial charge on any atom is -0.480 e. The fourth-order valence-corrected chi connectivity index (χ4v) is 3.99. The van der Waals surface area contributed by atoms with Crippen LogP contribution in [0.1, 0.15) is 22.7 Å². The van der Waals surface area contributed by atoms with Crippen molar-refractivity contribution in [1.29, 1.82) is 0 Å². The summed E-state index contributed by atoms with van der Waals surface area (Å²) in [5.74, 6) is -1.78. The van der Waals surface area contributed by atoms with Crippen LogP contribution in [0.3, 0.4) is 0 Å². The number of benzene rings is 2. The van der Waals surface area contributed by atoms with Gasteiger partial charge in [-0.1, -0.05) is 54.6 Å². The number of carbonyl (C=O) groups is 3. The molecule has 34 heavy (non-hydrogen) atoms. The molecule has 1 aliphatic rings. The molecule has 9 heteroatoms. The molecule has 4 N–H and O–H groups in total. The Labute approximate surface area is 195 Å². The molecule has 0 saturated carbocycles. The van der Waals surface area contributed by atoms with Crippen molar-refractivity contribution in [3.05, 3.63) is 90.0 Å².